The van der Waals surface area contributed by atoms with Gasteiger partial charge in [0.15, 0.2) is 0 Å². The van der Waals surface area contributed by atoms with Gasteiger partial charge in [-0.3, -0.25) is 4.79 Å². The average molecular weight is 283 g/mol. The second kappa shape index (κ2) is 6.82. The van der Waals surface area contributed by atoms with E-state index in [-0.39, 0.29) is 11.7 Å². The van der Waals surface area contributed by atoms with E-state index < -0.39 is 11.7 Å². The van der Waals surface area contributed by atoms with Gasteiger partial charge in [-0.25, -0.2) is 0 Å². The summed E-state index contributed by atoms with van der Waals surface area (Å²) in [6.45, 7) is 5.50. The Morgan fingerprint density at radius 2 is 1.95 bits per heavy atom. The molecule has 0 aliphatic rings. The lowest BCUT2D eigenvalue weighted by atomic mass is 10.1. The molecule has 1 rings (SSSR count). The molecule has 0 fully saturated rings. The second-order valence-electron chi connectivity index (χ2n) is 5.28. The minimum absolute atomic E-state index is 0.239. The zero-order chi connectivity index (χ0) is 14.5. The molecular formula is C14H21NO3S. The number of carbonyl (C=O) groups excluding carboxylic acids is 1. The molecule has 0 aromatic heterocycles. The topological polar surface area (TPSA) is 72.5 Å². The van der Waals surface area contributed by atoms with Crippen molar-refractivity contribution in [2.45, 2.75) is 32.5 Å². The normalized spacial score (nSPS) is 13.1. The molecule has 0 radical (unpaired) electrons. The Kier molecular flexibility index (Phi) is 5.69. The van der Waals surface area contributed by atoms with Crippen LogP contribution in [0.3, 0.4) is 0 Å². The molecule has 0 aliphatic heterocycles. The number of hydrogen-bond donors (Lipinski definition) is 2. The van der Waals surface area contributed by atoms with Gasteiger partial charge in [0, 0.05) is 11.4 Å². The molecule has 0 amide bonds. The predicted molar refractivity (Wildman–Crippen MR) is 79.0 cm³/mol. The third-order valence-corrected chi connectivity index (χ3v) is 3.23. The van der Waals surface area contributed by atoms with Gasteiger partial charge in [0.2, 0.25) is 0 Å². The Balaban J connectivity index is 2.33. The molecule has 0 saturated carbocycles. The van der Waals surface area contributed by atoms with E-state index in [9.17, 15) is 9.90 Å². The van der Waals surface area contributed by atoms with Crippen LogP contribution in [0.2, 0.25) is 0 Å². The van der Waals surface area contributed by atoms with Crippen LogP contribution in [-0.2, 0) is 9.53 Å². The largest absolute Gasteiger partial charge is 0.459 e. The molecule has 0 bridgehead atoms. The quantitative estimate of drug-likeness (QED) is 0.641. The number of nitrogens with two attached hydrogens (primary N) is 1. The summed E-state index contributed by atoms with van der Waals surface area (Å²) in [5.41, 5.74) is 6.57. The average Bonchev–Trinajstić information content (AvgIpc) is 2.27. The summed E-state index contributed by atoms with van der Waals surface area (Å²) in [6.07, 6.45) is -0.604. The van der Waals surface area contributed by atoms with Crippen LogP contribution in [0.4, 0.5) is 5.69 Å². The van der Waals surface area contributed by atoms with Crippen LogP contribution >= 0.6 is 11.8 Å². The maximum Gasteiger partial charge on any atom is 0.316 e. The highest BCUT2D eigenvalue weighted by Crippen LogP contribution is 2.20. The number of aliphatic hydroxyl groups is 1. The number of benzene rings is 1. The number of carbonyl (C=O) groups is 1. The summed E-state index contributed by atoms with van der Waals surface area (Å²) in [5, 5.41) is 9.94. The minimum Gasteiger partial charge on any atom is -0.459 e. The summed E-state index contributed by atoms with van der Waals surface area (Å²) in [4.78, 5) is 11.5. The van der Waals surface area contributed by atoms with Crippen LogP contribution < -0.4 is 5.73 Å². The second-order valence-corrected chi connectivity index (χ2v) is 6.31. The molecule has 1 unspecified atom stereocenters. The van der Waals surface area contributed by atoms with Gasteiger partial charge in [0.05, 0.1) is 11.9 Å². The summed E-state index contributed by atoms with van der Waals surface area (Å²) in [5.74, 6) is 0.425. The highest BCUT2D eigenvalue weighted by molar-refractivity contribution is 7.99. The van der Waals surface area contributed by atoms with Gasteiger partial charge >= 0.3 is 5.97 Å². The lowest BCUT2D eigenvalue weighted by Gasteiger charge is -2.19. The van der Waals surface area contributed by atoms with Gasteiger partial charge in [-0.2, -0.15) is 0 Å². The van der Waals surface area contributed by atoms with E-state index in [1.54, 1.807) is 24.3 Å². The number of esters is 1. The zero-order valence-corrected chi connectivity index (χ0v) is 12.4. The third kappa shape index (κ3) is 6.50. The van der Waals surface area contributed by atoms with E-state index in [0.717, 1.165) is 5.56 Å². The maximum absolute atomic E-state index is 11.5. The minimum atomic E-state index is -0.604. The smallest absolute Gasteiger partial charge is 0.316 e. The molecular weight excluding hydrogens is 262 g/mol. The summed E-state index contributed by atoms with van der Waals surface area (Å²) < 4.78 is 5.18. The summed E-state index contributed by atoms with van der Waals surface area (Å²) >= 11 is 1.35. The molecule has 1 atom stereocenters. The fourth-order valence-electron chi connectivity index (χ4n) is 1.44. The zero-order valence-electron chi connectivity index (χ0n) is 11.6. The molecule has 4 nitrogen and oxygen atoms in total. The fourth-order valence-corrected chi connectivity index (χ4v) is 2.20. The first-order valence-electron chi connectivity index (χ1n) is 6.11. The molecule has 106 valence electrons. The van der Waals surface area contributed by atoms with E-state index in [1.807, 2.05) is 20.8 Å². The number of thioether (sulfide) groups is 1. The Hall–Kier alpha value is -1.20. The molecule has 5 heteroatoms. The van der Waals surface area contributed by atoms with Gasteiger partial charge in [-0.1, -0.05) is 12.1 Å². The van der Waals surface area contributed by atoms with Crippen LogP contribution in [0.15, 0.2) is 24.3 Å². The molecule has 1 aromatic carbocycles. The van der Waals surface area contributed by atoms with Gasteiger partial charge in [0.25, 0.3) is 0 Å². The highest BCUT2D eigenvalue weighted by atomic mass is 32.2. The first kappa shape index (κ1) is 15.9. The number of hydrogen-bond acceptors (Lipinski definition) is 5. The summed E-state index contributed by atoms with van der Waals surface area (Å²) in [6, 6.07) is 7.07. The fraction of sp³-hybridized carbons (Fsp3) is 0.500. The van der Waals surface area contributed by atoms with Crippen LogP contribution in [0.1, 0.15) is 32.4 Å². The molecule has 0 heterocycles. The van der Waals surface area contributed by atoms with Crippen molar-refractivity contribution in [2.75, 3.05) is 17.2 Å². The number of rotatable bonds is 5. The van der Waals surface area contributed by atoms with Crippen molar-refractivity contribution in [3.63, 3.8) is 0 Å². The highest BCUT2D eigenvalue weighted by Gasteiger charge is 2.16. The molecule has 0 saturated heterocycles. The number of anilines is 1. The van der Waals surface area contributed by atoms with Crippen molar-refractivity contribution < 1.29 is 14.6 Å². The van der Waals surface area contributed by atoms with E-state index in [2.05, 4.69) is 0 Å². The van der Waals surface area contributed by atoms with Gasteiger partial charge < -0.3 is 15.6 Å². The first-order chi connectivity index (χ1) is 8.78. The Morgan fingerprint density at radius 1 is 1.37 bits per heavy atom. The van der Waals surface area contributed by atoms with Crippen LogP contribution in [0.25, 0.3) is 0 Å². The molecule has 0 spiro atoms. The SMILES string of the molecule is CC(C)(C)OC(=O)CSCC(O)c1ccc(N)cc1. The number of nitrogen functional groups attached to an aromatic ring is 1. The van der Waals surface area contributed by atoms with Crippen LogP contribution in [0.5, 0.6) is 0 Å². The molecule has 1 aromatic rings. The van der Waals surface area contributed by atoms with Gasteiger partial charge in [0.1, 0.15) is 5.60 Å². The molecule has 0 aliphatic carbocycles. The van der Waals surface area contributed by atoms with E-state index in [1.165, 1.54) is 11.8 Å². The van der Waals surface area contributed by atoms with Crippen molar-refractivity contribution in [2.24, 2.45) is 0 Å². The lowest BCUT2D eigenvalue weighted by molar-refractivity contribution is -0.151. The number of aliphatic hydroxyl groups excluding tert-OH is 1. The van der Waals surface area contributed by atoms with Crippen molar-refractivity contribution >= 4 is 23.4 Å². The Morgan fingerprint density at radius 3 is 2.47 bits per heavy atom. The first-order valence-corrected chi connectivity index (χ1v) is 7.26. The van der Waals surface area contributed by atoms with Gasteiger partial charge in [-0.15, -0.1) is 11.8 Å². The van der Waals surface area contributed by atoms with Crippen LogP contribution in [-0.4, -0.2) is 28.2 Å². The van der Waals surface area contributed by atoms with E-state index >= 15 is 0 Å². The number of ether oxygens (including phenoxy) is 1. The lowest BCUT2D eigenvalue weighted by Crippen LogP contribution is -2.25. The van der Waals surface area contributed by atoms with Crippen molar-refractivity contribution in [3.8, 4) is 0 Å². The standard InChI is InChI=1S/C14H21NO3S/c1-14(2,3)18-13(17)9-19-8-12(16)10-4-6-11(15)7-5-10/h4-7,12,16H,8-9,15H2,1-3H3. The Labute approximate surface area is 118 Å². The summed E-state index contributed by atoms with van der Waals surface area (Å²) in [7, 11) is 0. The maximum atomic E-state index is 11.5. The van der Waals surface area contributed by atoms with Crippen molar-refractivity contribution in [3.05, 3.63) is 29.8 Å². The van der Waals surface area contributed by atoms with Crippen LogP contribution in [0, 0.1) is 0 Å². The van der Waals surface area contributed by atoms with Crippen molar-refractivity contribution in [1.29, 1.82) is 0 Å². The van der Waals surface area contributed by atoms with Gasteiger partial charge in [-0.05, 0) is 38.5 Å². The monoisotopic (exact) mass is 283 g/mol. The molecule has 3 N–H and O–H groups in total. The van der Waals surface area contributed by atoms with E-state index in [0.29, 0.717) is 11.4 Å². The molecule has 19 heavy (non-hydrogen) atoms. The predicted octanol–water partition coefficient (Wildman–Crippen LogP) is 2.38. The Bertz CT molecular complexity index is 412. The third-order valence-electron chi connectivity index (χ3n) is 2.24. The van der Waals surface area contributed by atoms with Crippen molar-refractivity contribution in [1.82, 2.24) is 0 Å². The van der Waals surface area contributed by atoms with E-state index in [4.69, 9.17) is 10.5 Å².